The van der Waals surface area contributed by atoms with Crippen molar-refractivity contribution >= 4 is 7.32 Å². The van der Waals surface area contributed by atoms with Crippen LogP contribution in [0.15, 0.2) is 66.7 Å². The molecule has 0 bridgehead atoms. The van der Waals surface area contributed by atoms with Gasteiger partial charge in [0.1, 0.15) is 17.2 Å². The molecular formula is C50H50BF24NO6. The van der Waals surface area contributed by atoms with E-state index in [2.05, 4.69) is 0 Å². The largest absolute Gasteiger partial charge is 0.864 e. The van der Waals surface area contributed by atoms with Gasteiger partial charge in [0.2, 0.25) is 5.72 Å². The fraction of sp³-hybridized carbons (Fsp3) is 0.520. The maximum atomic E-state index is 15.8. The second kappa shape index (κ2) is 26.6. The lowest BCUT2D eigenvalue weighted by Crippen LogP contribution is -2.73. The van der Waals surface area contributed by atoms with Crippen molar-refractivity contribution in [1.29, 1.82) is 0 Å². The van der Waals surface area contributed by atoms with Crippen molar-refractivity contribution in [1.82, 2.24) is 0 Å². The van der Waals surface area contributed by atoms with Gasteiger partial charge in [-0.15, -0.1) is 6.07 Å². The van der Waals surface area contributed by atoms with E-state index in [0.29, 0.717) is 12.1 Å². The van der Waals surface area contributed by atoms with Gasteiger partial charge in [0.05, 0.1) is 65.3 Å². The second-order valence-corrected chi connectivity index (χ2v) is 17.4. The Balaban J connectivity index is 0.00000109. The zero-order valence-electron chi connectivity index (χ0n) is 43.7. The number of quaternary nitrogens is 1. The number of nitrogens with zero attached hydrogens (tertiary/aromatic N) is 1. The van der Waals surface area contributed by atoms with E-state index >= 15 is 13.2 Å². The van der Waals surface area contributed by atoms with Gasteiger partial charge in [-0.3, -0.25) is 0 Å². The number of hydrogen-bond donors (Lipinski definition) is 0. The van der Waals surface area contributed by atoms with E-state index in [1.54, 1.807) is 26.8 Å². The molecule has 4 aromatic carbocycles. The molecule has 0 heterocycles. The summed E-state index contributed by atoms with van der Waals surface area (Å²) < 4.78 is 365. The molecule has 0 aliphatic carbocycles. The Bertz CT molecular complexity index is 2510. The zero-order chi connectivity index (χ0) is 63.0. The average Bonchev–Trinajstić information content (AvgIpc) is 3.33. The summed E-state index contributed by atoms with van der Waals surface area (Å²) in [5.41, 5.74) is -19.6. The normalized spacial score (nSPS) is 15.4. The lowest BCUT2D eigenvalue weighted by atomic mass is 9.85. The van der Waals surface area contributed by atoms with Crippen LogP contribution in [0.1, 0.15) is 124 Å². The third kappa shape index (κ3) is 17.3. The van der Waals surface area contributed by atoms with E-state index in [1.807, 2.05) is 0 Å². The molecule has 0 fully saturated rings. The Kier molecular flexibility index (Phi) is 23.0. The van der Waals surface area contributed by atoms with Crippen molar-refractivity contribution in [3.8, 4) is 17.2 Å². The maximum Gasteiger partial charge on any atom is 0.864 e. The quantitative estimate of drug-likeness (QED) is 0.0272. The highest BCUT2D eigenvalue weighted by atomic mass is 19.4. The van der Waals surface area contributed by atoms with Crippen molar-refractivity contribution in [3.05, 3.63) is 123 Å². The van der Waals surface area contributed by atoms with E-state index in [1.165, 1.54) is 27.7 Å². The third-order valence-corrected chi connectivity index (χ3v) is 12.0. The first-order valence-electron chi connectivity index (χ1n) is 24.2. The van der Waals surface area contributed by atoms with E-state index in [4.69, 9.17) is 28.2 Å². The highest BCUT2D eigenvalue weighted by Gasteiger charge is 2.64. The van der Waals surface area contributed by atoms with E-state index < -0.39 is 172 Å². The molecule has 3 unspecified atom stereocenters. The van der Waals surface area contributed by atoms with Gasteiger partial charge in [0.15, 0.2) is 12.5 Å². The van der Waals surface area contributed by atoms with E-state index in [0.717, 1.165) is 0 Å². The minimum absolute atomic E-state index is 0.0521. The summed E-state index contributed by atoms with van der Waals surface area (Å²) in [4.78, 5) is 0. The Morgan fingerprint density at radius 2 is 0.756 bits per heavy atom. The van der Waals surface area contributed by atoms with Crippen LogP contribution in [0.3, 0.4) is 0 Å². The molecular weight excluding hydrogens is 1180 g/mol. The van der Waals surface area contributed by atoms with Gasteiger partial charge in [-0.1, -0.05) is 38.8 Å². The molecule has 0 N–H and O–H groups in total. The number of ether oxygens (including phenoxy) is 3. The van der Waals surface area contributed by atoms with Crippen molar-refractivity contribution in [2.24, 2.45) is 0 Å². The number of hydrogen-bond acceptors (Lipinski definition) is 6. The van der Waals surface area contributed by atoms with Crippen LogP contribution in [-0.4, -0.2) is 50.6 Å². The molecule has 4 aromatic rings. The molecule has 0 aromatic heterocycles. The Labute approximate surface area is 453 Å². The molecule has 0 saturated carbocycles. The third-order valence-electron chi connectivity index (χ3n) is 12.0. The number of benzene rings is 4. The van der Waals surface area contributed by atoms with Crippen LogP contribution in [0.4, 0.5) is 105 Å². The standard InChI is InChI=1S/C42H47BF18NO6.C8H3F6/c1-8-15-62(33(9-2)63-12-5,34(10-3)64-13-6)36(11-4,65-14-7)35-31(42(59,60)61)22-28(41(56,57)58)23-32(35)68-43(66-29-18-24(37(44,45)46)16-25(19-29)38(47,48)49)67-30-20-26(39(50,51)52)17-27(21-30)40(53,54)55;9-7(10,11)5-2-1-3-6(4-5)8(12,13)14/h16-23,33-34H,8-15H2,1-7H3;2-4H/q+1;-1. The lowest BCUT2D eigenvalue weighted by Gasteiger charge is -2.58. The van der Waals surface area contributed by atoms with Gasteiger partial charge in [0.25, 0.3) is 0 Å². The monoisotopic (exact) mass is 1230 g/mol. The van der Waals surface area contributed by atoms with Crippen LogP contribution in [0.25, 0.3) is 0 Å². The van der Waals surface area contributed by atoms with Gasteiger partial charge in [-0.2, -0.15) is 124 Å². The minimum atomic E-state index is -5.85. The predicted octanol–water partition coefficient (Wildman–Crippen LogP) is 18.2. The maximum absolute atomic E-state index is 15.8. The van der Waals surface area contributed by atoms with Crippen LogP contribution in [-0.2, 0) is 69.3 Å². The fourth-order valence-corrected chi connectivity index (χ4v) is 8.92. The topological polar surface area (TPSA) is 55.4 Å². The molecule has 462 valence electrons. The van der Waals surface area contributed by atoms with Crippen molar-refractivity contribution < 1.29 is 138 Å². The molecule has 0 aliphatic heterocycles. The van der Waals surface area contributed by atoms with Gasteiger partial charge in [-0.05, 0) is 75.7 Å². The smallest absolute Gasteiger partial charge is 0.490 e. The first-order chi connectivity index (χ1) is 37.3. The average molecular weight is 1230 g/mol. The first kappa shape index (κ1) is 70.8. The minimum Gasteiger partial charge on any atom is -0.490 e. The summed E-state index contributed by atoms with van der Waals surface area (Å²) in [5.74, 6) is -4.94. The Morgan fingerprint density at radius 3 is 1.04 bits per heavy atom. The molecule has 0 spiro atoms. The number of halogens is 24. The van der Waals surface area contributed by atoms with Crippen molar-refractivity contribution in [2.45, 2.75) is 142 Å². The summed E-state index contributed by atoms with van der Waals surface area (Å²) >= 11 is 0. The number of rotatable bonds is 21. The summed E-state index contributed by atoms with van der Waals surface area (Å²) in [6, 6.07) is 0.764. The van der Waals surface area contributed by atoms with Crippen molar-refractivity contribution in [3.63, 3.8) is 0 Å². The van der Waals surface area contributed by atoms with Crippen LogP contribution < -0.4 is 14.0 Å². The van der Waals surface area contributed by atoms with Gasteiger partial charge in [-0.25, -0.2) is 4.48 Å². The molecule has 32 heteroatoms. The summed E-state index contributed by atoms with van der Waals surface area (Å²) in [5, 5.41) is 0. The second-order valence-electron chi connectivity index (χ2n) is 17.4. The Hall–Kier alpha value is -5.50. The van der Waals surface area contributed by atoms with Gasteiger partial charge >= 0.3 is 56.7 Å². The van der Waals surface area contributed by atoms with Gasteiger partial charge in [0, 0.05) is 19.3 Å². The SMILES string of the molecule is CCC[N+](C(CC)OCC)(C(CC)OCC)C(CC)(OCC)c1c(OB(Oc2cc(C(F)(F)F)cc(C(F)(F)F)c2)Oc2cc(C(F)(F)F)cc(C(F)(F)F)c2)cc(C(F)(F)F)cc1C(F)(F)F.FC(F)(F)c1c[c-]cc(C(F)(F)F)c1. The van der Waals surface area contributed by atoms with E-state index in [-0.39, 0.29) is 81.5 Å². The molecule has 7 nitrogen and oxygen atoms in total. The predicted molar refractivity (Wildman–Crippen MR) is 243 cm³/mol. The summed E-state index contributed by atoms with van der Waals surface area (Å²) in [7, 11) is -3.42. The van der Waals surface area contributed by atoms with E-state index in [9.17, 15) is 92.2 Å². The molecule has 3 atom stereocenters. The molecule has 0 saturated heterocycles. The van der Waals surface area contributed by atoms with Crippen LogP contribution in [0.5, 0.6) is 17.2 Å². The summed E-state index contributed by atoms with van der Waals surface area (Å²) in [6.45, 7) is 9.20. The summed E-state index contributed by atoms with van der Waals surface area (Å²) in [6.07, 6.45) is -46.9. The fourth-order valence-electron chi connectivity index (χ4n) is 8.92. The van der Waals surface area contributed by atoms with Crippen LogP contribution >= 0.6 is 0 Å². The van der Waals surface area contributed by atoms with Crippen molar-refractivity contribution in [2.75, 3.05) is 26.4 Å². The molecule has 0 amide bonds. The molecule has 0 aliphatic rings. The zero-order valence-corrected chi connectivity index (χ0v) is 43.7. The van der Waals surface area contributed by atoms with Gasteiger partial charge < -0.3 is 28.2 Å². The Morgan fingerprint density at radius 1 is 0.415 bits per heavy atom. The highest BCUT2D eigenvalue weighted by molar-refractivity contribution is 6.39. The highest BCUT2D eigenvalue weighted by Crippen LogP contribution is 2.55. The molecule has 0 radical (unpaired) electrons. The lowest BCUT2D eigenvalue weighted by molar-refractivity contribution is -1.08. The first-order valence-corrected chi connectivity index (χ1v) is 24.2. The van der Waals surface area contributed by atoms with Crippen LogP contribution in [0.2, 0.25) is 0 Å². The molecule has 82 heavy (non-hydrogen) atoms. The number of alkyl halides is 24. The molecule has 4 rings (SSSR count). The van der Waals surface area contributed by atoms with Crippen LogP contribution in [0, 0.1) is 6.07 Å².